The van der Waals surface area contributed by atoms with E-state index in [0.717, 1.165) is 25.7 Å². The van der Waals surface area contributed by atoms with Crippen LogP contribution in [0, 0.1) is 0 Å². The van der Waals surface area contributed by atoms with Crippen molar-refractivity contribution in [3.05, 3.63) is 0 Å². The van der Waals surface area contributed by atoms with Crippen LogP contribution < -0.4 is 10.6 Å². The number of nitrogens with one attached hydrogen (secondary N) is 2. The molecule has 0 aromatic rings. The first kappa shape index (κ1) is 12.0. The third-order valence-corrected chi connectivity index (χ3v) is 2.79. The lowest BCUT2D eigenvalue weighted by Gasteiger charge is -2.26. The van der Waals surface area contributed by atoms with Crippen molar-refractivity contribution in [3.63, 3.8) is 0 Å². The quantitative estimate of drug-likeness (QED) is 0.670. The van der Waals surface area contributed by atoms with Gasteiger partial charge in [0.2, 0.25) is 11.8 Å². The Balaban J connectivity index is 2.58. The Hall–Kier alpha value is -1.06. The van der Waals surface area contributed by atoms with Gasteiger partial charge in [-0.05, 0) is 12.8 Å². The monoisotopic (exact) mass is 212 g/mol. The third kappa shape index (κ3) is 4.32. The summed E-state index contributed by atoms with van der Waals surface area (Å²) in [5.74, 6) is -0.0329. The number of carbonyl (C=O) groups is 2. The molecule has 4 nitrogen and oxygen atoms in total. The first-order chi connectivity index (χ1) is 7.09. The summed E-state index contributed by atoms with van der Waals surface area (Å²) in [6.45, 7) is 3.05. The predicted molar refractivity (Wildman–Crippen MR) is 58.3 cm³/mol. The van der Waals surface area contributed by atoms with E-state index >= 15 is 0 Å². The molecule has 15 heavy (non-hydrogen) atoms. The average Bonchev–Trinajstić information content (AvgIpc) is 2.30. The van der Waals surface area contributed by atoms with Gasteiger partial charge in [-0.25, -0.2) is 0 Å². The van der Waals surface area contributed by atoms with Crippen LogP contribution >= 0.6 is 0 Å². The molecule has 0 unspecified atom stereocenters. The summed E-state index contributed by atoms with van der Waals surface area (Å²) in [4.78, 5) is 22.1. The van der Waals surface area contributed by atoms with Crippen LogP contribution in [0.4, 0.5) is 0 Å². The van der Waals surface area contributed by atoms with E-state index in [1.807, 2.05) is 0 Å². The fourth-order valence-corrected chi connectivity index (χ4v) is 2.18. The lowest BCUT2D eigenvalue weighted by atomic mass is 10.0. The van der Waals surface area contributed by atoms with Crippen LogP contribution in [0.25, 0.3) is 0 Å². The van der Waals surface area contributed by atoms with Crippen molar-refractivity contribution in [2.24, 2.45) is 0 Å². The molecule has 2 amide bonds. The molecule has 2 N–H and O–H groups in total. The summed E-state index contributed by atoms with van der Waals surface area (Å²) in [6.07, 6.45) is 5.36. The molecule has 1 aliphatic rings. The Bertz CT molecular complexity index is 217. The van der Waals surface area contributed by atoms with E-state index in [0.29, 0.717) is 0 Å². The van der Waals surface area contributed by atoms with E-state index in [9.17, 15) is 9.59 Å². The number of hydrogen-bond donors (Lipinski definition) is 2. The van der Waals surface area contributed by atoms with Crippen LogP contribution in [0.5, 0.6) is 0 Å². The van der Waals surface area contributed by atoms with Crippen molar-refractivity contribution >= 4 is 11.8 Å². The summed E-state index contributed by atoms with van der Waals surface area (Å²) in [6, 6.07) is 0.211. The maximum Gasteiger partial charge on any atom is 0.217 e. The summed E-state index contributed by atoms with van der Waals surface area (Å²) >= 11 is 0. The Labute approximate surface area is 90.8 Å². The van der Waals surface area contributed by atoms with Gasteiger partial charge in [-0.2, -0.15) is 0 Å². The Kier molecular flexibility index (Phi) is 4.59. The van der Waals surface area contributed by atoms with Gasteiger partial charge in [0.1, 0.15) is 0 Å². The molecule has 0 aromatic heterocycles. The SMILES string of the molecule is CC(=O)N[C@H]1CCCCC[C@H]1NC(C)=O. The lowest BCUT2D eigenvalue weighted by Crippen LogP contribution is -2.50. The van der Waals surface area contributed by atoms with Crippen molar-refractivity contribution in [1.82, 2.24) is 10.6 Å². The summed E-state index contributed by atoms with van der Waals surface area (Å²) in [5, 5.41) is 5.85. The highest BCUT2D eigenvalue weighted by Crippen LogP contribution is 2.18. The van der Waals surface area contributed by atoms with Crippen LogP contribution in [0.15, 0.2) is 0 Å². The van der Waals surface area contributed by atoms with Gasteiger partial charge >= 0.3 is 0 Å². The van der Waals surface area contributed by atoms with E-state index in [-0.39, 0.29) is 23.9 Å². The molecule has 0 spiro atoms. The number of carbonyl (C=O) groups excluding carboxylic acids is 2. The molecule has 1 rings (SSSR count). The fourth-order valence-electron chi connectivity index (χ4n) is 2.18. The molecule has 1 fully saturated rings. The zero-order chi connectivity index (χ0) is 11.3. The van der Waals surface area contributed by atoms with E-state index in [1.54, 1.807) is 0 Å². The number of rotatable bonds is 2. The molecule has 0 aliphatic heterocycles. The van der Waals surface area contributed by atoms with Crippen molar-refractivity contribution in [2.45, 2.75) is 58.0 Å². The molecule has 0 aromatic carbocycles. The average molecular weight is 212 g/mol. The highest BCUT2D eigenvalue weighted by Gasteiger charge is 2.24. The van der Waals surface area contributed by atoms with Crippen molar-refractivity contribution in [3.8, 4) is 0 Å². The van der Waals surface area contributed by atoms with Gasteiger partial charge in [-0.15, -0.1) is 0 Å². The zero-order valence-electron chi connectivity index (χ0n) is 9.51. The van der Waals surface area contributed by atoms with Gasteiger partial charge in [0.05, 0.1) is 0 Å². The van der Waals surface area contributed by atoms with E-state index in [1.165, 1.54) is 20.3 Å². The van der Waals surface area contributed by atoms with Gasteiger partial charge < -0.3 is 10.6 Å². The minimum absolute atomic E-state index is 0.0164. The van der Waals surface area contributed by atoms with Gasteiger partial charge in [-0.1, -0.05) is 19.3 Å². The van der Waals surface area contributed by atoms with Gasteiger partial charge in [0, 0.05) is 25.9 Å². The standard InChI is InChI=1S/C11H20N2O2/c1-8(14)12-10-6-4-3-5-7-11(10)13-9(2)15/h10-11H,3-7H2,1-2H3,(H,12,14)(H,13,15)/t10-,11+. The molecular weight excluding hydrogens is 192 g/mol. The first-order valence-corrected chi connectivity index (χ1v) is 5.64. The summed E-state index contributed by atoms with van der Waals surface area (Å²) < 4.78 is 0. The van der Waals surface area contributed by atoms with E-state index in [2.05, 4.69) is 10.6 Å². The molecule has 4 heteroatoms. The maximum atomic E-state index is 11.0. The molecule has 1 aliphatic carbocycles. The van der Waals surface area contributed by atoms with Crippen molar-refractivity contribution < 1.29 is 9.59 Å². The second-order valence-corrected chi connectivity index (χ2v) is 4.25. The van der Waals surface area contributed by atoms with Crippen molar-refractivity contribution in [2.75, 3.05) is 0 Å². The number of amides is 2. The smallest absolute Gasteiger partial charge is 0.217 e. The Morgan fingerprint density at radius 2 is 1.27 bits per heavy atom. The molecule has 0 bridgehead atoms. The topological polar surface area (TPSA) is 58.2 Å². The van der Waals surface area contributed by atoms with Crippen LogP contribution in [0.2, 0.25) is 0 Å². The Morgan fingerprint density at radius 3 is 1.60 bits per heavy atom. The van der Waals surface area contributed by atoms with E-state index < -0.39 is 0 Å². The molecule has 1 saturated carbocycles. The van der Waals surface area contributed by atoms with Gasteiger partial charge in [0.25, 0.3) is 0 Å². The molecule has 2 atom stereocenters. The largest absolute Gasteiger partial charge is 0.352 e. The molecule has 0 radical (unpaired) electrons. The molecular formula is C11H20N2O2. The minimum Gasteiger partial charge on any atom is -0.352 e. The van der Waals surface area contributed by atoms with Crippen molar-refractivity contribution in [1.29, 1.82) is 0 Å². The normalized spacial score (nSPS) is 26.5. The van der Waals surface area contributed by atoms with Crippen LogP contribution in [-0.2, 0) is 9.59 Å². The van der Waals surface area contributed by atoms with Crippen LogP contribution in [-0.4, -0.2) is 23.9 Å². The predicted octanol–water partition coefficient (Wildman–Crippen LogP) is 0.960. The van der Waals surface area contributed by atoms with Crippen LogP contribution in [0.3, 0.4) is 0 Å². The first-order valence-electron chi connectivity index (χ1n) is 5.64. The third-order valence-electron chi connectivity index (χ3n) is 2.79. The highest BCUT2D eigenvalue weighted by molar-refractivity contribution is 5.74. The minimum atomic E-state index is -0.0164. The van der Waals surface area contributed by atoms with Gasteiger partial charge in [0.15, 0.2) is 0 Å². The fraction of sp³-hybridized carbons (Fsp3) is 0.818. The zero-order valence-corrected chi connectivity index (χ0v) is 9.51. The van der Waals surface area contributed by atoms with Gasteiger partial charge in [-0.3, -0.25) is 9.59 Å². The maximum absolute atomic E-state index is 11.0. The second kappa shape index (κ2) is 5.73. The highest BCUT2D eigenvalue weighted by atomic mass is 16.2. The summed E-state index contributed by atoms with van der Waals surface area (Å²) in [5.41, 5.74) is 0. The molecule has 86 valence electrons. The van der Waals surface area contributed by atoms with E-state index in [4.69, 9.17) is 0 Å². The molecule has 0 heterocycles. The molecule has 0 saturated heterocycles. The lowest BCUT2D eigenvalue weighted by molar-refractivity contribution is -0.122. The Morgan fingerprint density at radius 1 is 0.867 bits per heavy atom. The number of hydrogen-bond acceptors (Lipinski definition) is 2. The summed E-state index contributed by atoms with van der Waals surface area (Å²) in [7, 11) is 0. The second-order valence-electron chi connectivity index (χ2n) is 4.25. The van der Waals surface area contributed by atoms with Crippen LogP contribution in [0.1, 0.15) is 46.0 Å².